The van der Waals surface area contributed by atoms with Gasteiger partial charge in [0.2, 0.25) is 17.7 Å². The summed E-state index contributed by atoms with van der Waals surface area (Å²) in [5.41, 5.74) is 11.5. The number of carbonyl (C=O) groups is 4. The van der Waals surface area contributed by atoms with Crippen molar-refractivity contribution in [2.24, 2.45) is 17.4 Å². The van der Waals surface area contributed by atoms with E-state index in [2.05, 4.69) is 16.0 Å². The van der Waals surface area contributed by atoms with E-state index in [9.17, 15) is 19.2 Å². The molecule has 0 aliphatic carbocycles. The fourth-order valence-electron chi connectivity index (χ4n) is 2.60. The highest BCUT2D eigenvalue weighted by molar-refractivity contribution is 7.98. The fraction of sp³-hybridized carbons (Fsp3) is 0.789. The van der Waals surface area contributed by atoms with Crippen LogP contribution in [-0.4, -0.2) is 72.0 Å². The lowest BCUT2D eigenvalue weighted by Crippen LogP contribution is -2.56. The molecule has 0 bridgehead atoms. The number of carbonyl (C=O) groups excluding carboxylic acids is 3. The second kappa shape index (κ2) is 15.9. The maximum absolute atomic E-state index is 12.9. The lowest BCUT2D eigenvalue weighted by molar-refractivity contribution is -0.138. The Kier molecular flexibility index (Phi) is 14.9. The summed E-state index contributed by atoms with van der Waals surface area (Å²) in [6, 6.07) is -2.50. The second-order valence-electron chi connectivity index (χ2n) is 7.21. The largest absolute Gasteiger partial charge is 0.480 e. The van der Waals surface area contributed by atoms with Crippen LogP contribution in [0.5, 0.6) is 0 Å². The third-order valence-corrected chi connectivity index (χ3v) is 5.44. The number of aliphatic carboxylic acids is 1. The first-order valence-corrected chi connectivity index (χ1v) is 11.6. The standard InChI is InChI=1S/C19H37N5O5S/c1-4-12(2)16(21)19(29)24-13(7-5-6-9-20)18(28)23-14(8-10-30-3)17(27)22-11-15(25)26/h12-14,16H,4-11,20-21H2,1-3H3,(H,22,27)(H,23,28)(H,24,29)(H,25,26). The minimum absolute atomic E-state index is 0.0473. The van der Waals surface area contributed by atoms with E-state index in [0.29, 0.717) is 38.0 Å². The third-order valence-electron chi connectivity index (χ3n) is 4.80. The normalized spacial score (nSPS) is 14.8. The Balaban J connectivity index is 5.22. The van der Waals surface area contributed by atoms with Gasteiger partial charge in [-0.25, -0.2) is 0 Å². The summed E-state index contributed by atoms with van der Waals surface area (Å²) in [6.07, 6.45) is 4.57. The first-order chi connectivity index (χ1) is 14.2. The Morgan fingerprint density at radius 1 is 1.00 bits per heavy atom. The molecule has 0 radical (unpaired) electrons. The molecular weight excluding hydrogens is 410 g/mol. The van der Waals surface area contributed by atoms with Crippen LogP contribution in [-0.2, 0) is 19.2 Å². The van der Waals surface area contributed by atoms with E-state index in [-0.39, 0.29) is 5.92 Å². The molecule has 0 aromatic heterocycles. The molecule has 4 unspecified atom stereocenters. The molecule has 11 heteroatoms. The number of unbranched alkanes of at least 4 members (excludes halogenated alkanes) is 1. The number of amides is 3. The predicted octanol–water partition coefficient (Wildman–Crippen LogP) is -0.588. The molecule has 0 aromatic rings. The van der Waals surface area contributed by atoms with E-state index >= 15 is 0 Å². The molecule has 0 spiro atoms. The summed E-state index contributed by atoms with van der Waals surface area (Å²) >= 11 is 1.50. The average molecular weight is 448 g/mol. The van der Waals surface area contributed by atoms with E-state index in [4.69, 9.17) is 16.6 Å². The van der Waals surface area contributed by atoms with Crippen LogP contribution in [0.3, 0.4) is 0 Å². The topological polar surface area (TPSA) is 177 Å². The number of hydrogen-bond acceptors (Lipinski definition) is 7. The monoisotopic (exact) mass is 447 g/mol. The molecule has 8 N–H and O–H groups in total. The highest BCUT2D eigenvalue weighted by Crippen LogP contribution is 2.08. The number of thioether (sulfide) groups is 1. The zero-order valence-corrected chi connectivity index (χ0v) is 18.9. The Bertz CT molecular complexity index is 563. The summed E-state index contributed by atoms with van der Waals surface area (Å²) in [5, 5.41) is 16.4. The van der Waals surface area contributed by atoms with Gasteiger partial charge in [-0.3, -0.25) is 19.2 Å². The van der Waals surface area contributed by atoms with Crippen molar-refractivity contribution in [3.05, 3.63) is 0 Å². The maximum atomic E-state index is 12.9. The summed E-state index contributed by atoms with van der Waals surface area (Å²) < 4.78 is 0. The van der Waals surface area contributed by atoms with Crippen molar-refractivity contribution in [1.82, 2.24) is 16.0 Å². The molecule has 3 amide bonds. The molecule has 0 saturated heterocycles. The van der Waals surface area contributed by atoms with E-state index in [1.807, 2.05) is 20.1 Å². The number of rotatable bonds is 16. The van der Waals surface area contributed by atoms with Crippen molar-refractivity contribution in [3.8, 4) is 0 Å². The van der Waals surface area contributed by atoms with Gasteiger partial charge in [0.25, 0.3) is 0 Å². The van der Waals surface area contributed by atoms with Gasteiger partial charge in [0, 0.05) is 0 Å². The van der Waals surface area contributed by atoms with Crippen LogP contribution < -0.4 is 27.4 Å². The Morgan fingerprint density at radius 2 is 1.60 bits per heavy atom. The molecule has 0 aliphatic heterocycles. The van der Waals surface area contributed by atoms with Crippen molar-refractivity contribution < 1.29 is 24.3 Å². The van der Waals surface area contributed by atoms with E-state index < -0.39 is 48.4 Å². The van der Waals surface area contributed by atoms with Crippen molar-refractivity contribution in [2.45, 2.75) is 64.1 Å². The van der Waals surface area contributed by atoms with E-state index in [1.165, 1.54) is 11.8 Å². The minimum Gasteiger partial charge on any atom is -0.480 e. The Morgan fingerprint density at radius 3 is 2.13 bits per heavy atom. The highest BCUT2D eigenvalue weighted by Gasteiger charge is 2.29. The van der Waals surface area contributed by atoms with Crippen LogP contribution in [0.25, 0.3) is 0 Å². The summed E-state index contributed by atoms with van der Waals surface area (Å²) in [7, 11) is 0. The molecule has 0 saturated carbocycles. The molecule has 4 atom stereocenters. The van der Waals surface area contributed by atoms with Crippen LogP contribution in [0.2, 0.25) is 0 Å². The molecule has 30 heavy (non-hydrogen) atoms. The quantitative estimate of drug-likeness (QED) is 0.170. The van der Waals surface area contributed by atoms with Gasteiger partial charge in [-0.15, -0.1) is 0 Å². The van der Waals surface area contributed by atoms with Gasteiger partial charge in [0.15, 0.2) is 0 Å². The van der Waals surface area contributed by atoms with Gasteiger partial charge < -0.3 is 32.5 Å². The zero-order valence-electron chi connectivity index (χ0n) is 18.1. The number of nitrogens with one attached hydrogen (secondary N) is 3. The Hall–Kier alpha value is -1.85. The van der Waals surface area contributed by atoms with Gasteiger partial charge in [0.1, 0.15) is 18.6 Å². The van der Waals surface area contributed by atoms with Crippen LogP contribution in [0, 0.1) is 5.92 Å². The number of carboxylic acid groups (broad SMARTS) is 1. The molecule has 0 heterocycles. The van der Waals surface area contributed by atoms with Crippen LogP contribution >= 0.6 is 11.8 Å². The SMILES string of the molecule is CCC(C)C(N)C(=O)NC(CCCCN)C(=O)NC(CCSC)C(=O)NCC(=O)O. The van der Waals surface area contributed by atoms with Gasteiger partial charge in [-0.2, -0.15) is 11.8 Å². The van der Waals surface area contributed by atoms with Gasteiger partial charge in [-0.05, 0) is 50.2 Å². The van der Waals surface area contributed by atoms with Crippen LogP contribution in [0.4, 0.5) is 0 Å². The first-order valence-electron chi connectivity index (χ1n) is 10.2. The first kappa shape index (κ1) is 28.1. The predicted molar refractivity (Wildman–Crippen MR) is 118 cm³/mol. The van der Waals surface area contributed by atoms with Crippen LogP contribution in [0.1, 0.15) is 46.0 Å². The number of carboxylic acids is 1. The van der Waals surface area contributed by atoms with Crippen molar-refractivity contribution >= 4 is 35.5 Å². The van der Waals surface area contributed by atoms with Gasteiger partial charge in [0.05, 0.1) is 6.04 Å². The molecule has 0 fully saturated rings. The summed E-state index contributed by atoms with van der Waals surface area (Å²) in [5.74, 6) is -2.14. The minimum atomic E-state index is -1.18. The summed E-state index contributed by atoms with van der Waals surface area (Å²) in [6.45, 7) is 3.71. The molecule has 0 rings (SSSR count). The highest BCUT2D eigenvalue weighted by atomic mass is 32.2. The lowest BCUT2D eigenvalue weighted by atomic mass is 9.98. The maximum Gasteiger partial charge on any atom is 0.322 e. The van der Waals surface area contributed by atoms with Crippen molar-refractivity contribution in [1.29, 1.82) is 0 Å². The zero-order chi connectivity index (χ0) is 23.1. The van der Waals surface area contributed by atoms with E-state index in [0.717, 1.165) is 6.42 Å². The summed E-state index contributed by atoms with van der Waals surface area (Å²) in [4.78, 5) is 48.3. The van der Waals surface area contributed by atoms with E-state index in [1.54, 1.807) is 0 Å². The van der Waals surface area contributed by atoms with Crippen molar-refractivity contribution in [2.75, 3.05) is 25.1 Å². The van der Waals surface area contributed by atoms with Crippen LogP contribution in [0.15, 0.2) is 0 Å². The molecule has 10 nitrogen and oxygen atoms in total. The molecule has 0 aliphatic rings. The number of nitrogens with two attached hydrogens (primary N) is 2. The lowest BCUT2D eigenvalue weighted by Gasteiger charge is -2.25. The molecular formula is C19H37N5O5S. The van der Waals surface area contributed by atoms with Gasteiger partial charge in [-0.1, -0.05) is 20.3 Å². The fourth-order valence-corrected chi connectivity index (χ4v) is 3.08. The third kappa shape index (κ3) is 11.4. The smallest absolute Gasteiger partial charge is 0.322 e. The number of hydrogen-bond donors (Lipinski definition) is 6. The van der Waals surface area contributed by atoms with Crippen molar-refractivity contribution in [3.63, 3.8) is 0 Å². The van der Waals surface area contributed by atoms with Gasteiger partial charge >= 0.3 is 5.97 Å². The Labute approximate surface area is 182 Å². The molecule has 0 aromatic carbocycles. The molecule has 174 valence electrons. The average Bonchev–Trinajstić information content (AvgIpc) is 2.72. The second-order valence-corrected chi connectivity index (χ2v) is 8.20.